The molecule has 116 valence electrons. The van der Waals surface area contributed by atoms with Crippen LogP contribution in [0.5, 0.6) is 0 Å². The lowest BCUT2D eigenvalue weighted by Gasteiger charge is -2.06. The maximum absolute atomic E-state index is 11.9. The molecule has 0 bridgehead atoms. The van der Waals surface area contributed by atoms with E-state index >= 15 is 0 Å². The predicted molar refractivity (Wildman–Crippen MR) is 83.4 cm³/mol. The number of halogens is 2. The van der Waals surface area contributed by atoms with E-state index in [0.29, 0.717) is 10.7 Å². The summed E-state index contributed by atoms with van der Waals surface area (Å²) < 4.78 is 4.46. The van der Waals surface area contributed by atoms with E-state index in [1.165, 1.54) is 25.4 Å². The van der Waals surface area contributed by atoms with Crippen LogP contribution in [0.2, 0.25) is 10.0 Å². The van der Waals surface area contributed by atoms with Gasteiger partial charge < -0.3 is 15.4 Å². The van der Waals surface area contributed by atoms with Crippen LogP contribution in [0.15, 0.2) is 30.0 Å². The first-order chi connectivity index (χ1) is 10.5. The number of nitriles is 1. The summed E-state index contributed by atoms with van der Waals surface area (Å²) in [5.41, 5.74) is 0.269. The third-order valence-corrected chi connectivity index (χ3v) is 3.23. The molecule has 0 fully saturated rings. The summed E-state index contributed by atoms with van der Waals surface area (Å²) in [6.07, 6.45) is 1.36. The van der Waals surface area contributed by atoms with Gasteiger partial charge in [0.2, 0.25) is 0 Å². The van der Waals surface area contributed by atoms with Gasteiger partial charge in [0, 0.05) is 18.4 Å². The Hall–Kier alpha value is -2.23. The molecule has 0 heterocycles. The number of amides is 1. The van der Waals surface area contributed by atoms with Gasteiger partial charge in [0.25, 0.3) is 5.91 Å². The minimum atomic E-state index is -0.605. The molecule has 1 aromatic carbocycles. The lowest BCUT2D eigenvalue weighted by atomic mass is 10.2. The SMILES string of the molecule is COC(=O)CCN/C=C(/C#N)C(=O)Nc1ccc(Cl)c(Cl)c1. The first-order valence-corrected chi connectivity index (χ1v) is 6.90. The molecule has 6 nitrogen and oxygen atoms in total. The largest absolute Gasteiger partial charge is 0.469 e. The molecule has 0 spiro atoms. The predicted octanol–water partition coefficient (Wildman–Crippen LogP) is 2.49. The van der Waals surface area contributed by atoms with Crippen molar-refractivity contribution in [1.82, 2.24) is 5.32 Å². The smallest absolute Gasteiger partial charge is 0.307 e. The number of carbonyl (C=O) groups excluding carboxylic acids is 2. The van der Waals surface area contributed by atoms with Gasteiger partial charge >= 0.3 is 5.97 Å². The molecule has 1 aromatic rings. The van der Waals surface area contributed by atoms with Crippen molar-refractivity contribution in [2.24, 2.45) is 0 Å². The zero-order valence-electron chi connectivity index (χ0n) is 11.7. The van der Waals surface area contributed by atoms with Crippen molar-refractivity contribution >= 4 is 40.8 Å². The fourth-order valence-corrected chi connectivity index (χ4v) is 1.67. The number of hydrogen-bond donors (Lipinski definition) is 2. The molecule has 0 aliphatic heterocycles. The Morgan fingerprint density at radius 1 is 1.36 bits per heavy atom. The number of benzene rings is 1. The molecule has 0 radical (unpaired) electrons. The monoisotopic (exact) mass is 341 g/mol. The van der Waals surface area contributed by atoms with E-state index in [1.54, 1.807) is 12.1 Å². The van der Waals surface area contributed by atoms with Gasteiger partial charge in [0.15, 0.2) is 0 Å². The molecule has 0 atom stereocenters. The summed E-state index contributed by atoms with van der Waals surface area (Å²) in [5, 5.41) is 14.8. The molecular weight excluding hydrogens is 329 g/mol. The minimum absolute atomic E-state index is 0.125. The summed E-state index contributed by atoms with van der Waals surface area (Å²) >= 11 is 11.6. The van der Waals surface area contributed by atoms with Gasteiger partial charge in [-0.25, -0.2) is 0 Å². The molecule has 8 heteroatoms. The molecule has 22 heavy (non-hydrogen) atoms. The van der Waals surface area contributed by atoms with Crippen LogP contribution in [0.1, 0.15) is 6.42 Å². The number of nitrogens with one attached hydrogen (secondary N) is 2. The number of hydrogen-bond acceptors (Lipinski definition) is 5. The maximum Gasteiger partial charge on any atom is 0.307 e. The Morgan fingerprint density at radius 2 is 2.09 bits per heavy atom. The zero-order valence-corrected chi connectivity index (χ0v) is 13.2. The first kappa shape index (κ1) is 17.8. The molecule has 0 unspecified atom stereocenters. The van der Waals surface area contributed by atoms with E-state index in [1.807, 2.05) is 0 Å². The summed E-state index contributed by atoms with van der Waals surface area (Å²) in [6, 6.07) is 6.33. The quantitative estimate of drug-likeness (QED) is 0.359. The fraction of sp³-hybridized carbons (Fsp3) is 0.214. The Morgan fingerprint density at radius 3 is 2.68 bits per heavy atom. The van der Waals surface area contributed by atoms with E-state index in [0.717, 1.165) is 0 Å². The van der Waals surface area contributed by atoms with Gasteiger partial charge in [-0.3, -0.25) is 9.59 Å². The van der Waals surface area contributed by atoms with Crippen LogP contribution in [0, 0.1) is 11.3 Å². The lowest BCUT2D eigenvalue weighted by molar-refractivity contribution is -0.140. The first-order valence-electron chi connectivity index (χ1n) is 6.14. The van der Waals surface area contributed by atoms with Crippen molar-refractivity contribution in [2.45, 2.75) is 6.42 Å². The minimum Gasteiger partial charge on any atom is -0.469 e. The topological polar surface area (TPSA) is 91.2 Å². The highest BCUT2D eigenvalue weighted by Crippen LogP contribution is 2.25. The molecule has 0 aliphatic carbocycles. The highest BCUT2D eigenvalue weighted by Gasteiger charge is 2.10. The number of rotatable bonds is 6. The van der Waals surface area contributed by atoms with E-state index < -0.39 is 5.91 Å². The van der Waals surface area contributed by atoms with Gasteiger partial charge in [-0.05, 0) is 18.2 Å². The number of carbonyl (C=O) groups is 2. The van der Waals surface area contributed by atoms with Crippen molar-refractivity contribution in [1.29, 1.82) is 5.26 Å². The maximum atomic E-state index is 11.9. The molecule has 1 rings (SSSR count). The fourth-order valence-electron chi connectivity index (χ4n) is 1.37. The summed E-state index contributed by atoms with van der Waals surface area (Å²) in [5.74, 6) is -0.994. The zero-order chi connectivity index (χ0) is 16.5. The Labute approximate surface area is 137 Å². The van der Waals surface area contributed by atoms with E-state index in [4.69, 9.17) is 28.5 Å². The number of methoxy groups -OCH3 is 1. The molecule has 0 aromatic heterocycles. The number of esters is 1. The average Bonchev–Trinajstić information content (AvgIpc) is 2.50. The van der Waals surface area contributed by atoms with Crippen LogP contribution in [-0.4, -0.2) is 25.5 Å². The number of ether oxygens (including phenoxy) is 1. The summed E-state index contributed by atoms with van der Waals surface area (Å²) in [4.78, 5) is 22.8. The van der Waals surface area contributed by atoms with Crippen molar-refractivity contribution < 1.29 is 14.3 Å². The third kappa shape index (κ3) is 5.64. The summed E-state index contributed by atoms with van der Waals surface area (Å²) in [7, 11) is 1.28. The van der Waals surface area contributed by atoms with E-state index in [-0.39, 0.29) is 29.5 Å². The van der Waals surface area contributed by atoms with Crippen LogP contribution < -0.4 is 10.6 Å². The standard InChI is InChI=1S/C14H13Cl2N3O3/c1-22-13(20)4-5-18-8-9(7-17)14(21)19-10-2-3-11(15)12(16)6-10/h2-3,6,8,18H,4-5H2,1H3,(H,19,21)/b9-8-. The van der Waals surface area contributed by atoms with Crippen LogP contribution in [0.3, 0.4) is 0 Å². The molecule has 0 saturated heterocycles. The Bertz CT molecular complexity index is 639. The van der Waals surface area contributed by atoms with Gasteiger partial charge in [0.05, 0.1) is 23.6 Å². The highest BCUT2D eigenvalue weighted by molar-refractivity contribution is 6.42. The van der Waals surface area contributed by atoms with Crippen LogP contribution in [0.25, 0.3) is 0 Å². The van der Waals surface area contributed by atoms with Crippen LogP contribution >= 0.6 is 23.2 Å². The second-order valence-electron chi connectivity index (χ2n) is 4.03. The molecule has 0 saturated carbocycles. The van der Waals surface area contributed by atoms with E-state index in [2.05, 4.69) is 15.4 Å². The van der Waals surface area contributed by atoms with Gasteiger partial charge in [-0.2, -0.15) is 5.26 Å². The second-order valence-corrected chi connectivity index (χ2v) is 4.85. The van der Waals surface area contributed by atoms with Crippen molar-refractivity contribution in [3.8, 4) is 6.07 Å². The van der Waals surface area contributed by atoms with Gasteiger partial charge in [0.1, 0.15) is 11.6 Å². The van der Waals surface area contributed by atoms with Crippen LogP contribution in [0.4, 0.5) is 5.69 Å². The molecule has 1 amide bonds. The van der Waals surface area contributed by atoms with Crippen LogP contribution in [-0.2, 0) is 14.3 Å². The third-order valence-electron chi connectivity index (χ3n) is 2.49. The average molecular weight is 342 g/mol. The lowest BCUT2D eigenvalue weighted by Crippen LogP contribution is -2.18. The number of anilines is 1. The highest BCUT2D eigenvalue weighted by atomic mass is 35.5. The number of nitrogens with zero attached hydrogens (tertiary/aromatic N) is 1. The van der Waals surface area contributed by atoms with Crippen molar-refractivity contribution in [3.63, 3.8) is 0 Å². The van der Waals surface area contributed by atoms with Crippen molar-refractivity contribution in [3.05, 3.63) is 40.0 Å². The molecular formula is C14H13Cl2N3O3. The molecule has 0 aliphatic rings. The van der Waals surface area contributed by atoms with E-state index in [9.17, 15) is 9.59 Å². The van der Waals surface area contributed by atoms with Gasteiger partial charge in [-0.15, -0.1) is 0 Å². The van der Waals surface area contributed by atoms with Gasteiger partial charge in [-0.1, -0.05) is 23.2 Å². The molecule has 2 N–H and O–H groups in total. The summed E-state index contributed by atoms with van der Waals surface area (Å²) in [6.45, 7) is 0.248. The Kier molecular flexibility index (Phi) is 7.23. The van der Waals surface area contributed by atoms with Crippen molar-refractivity contribution in [2.75, 3.05) is 19.0 Å². The Balaban J connectivity index is 2.62. The second kappa shape index (κ2) is 8.93. The normalized spacial score (nSPS) is 10.5.